The third kappa shape index (κ3) is 3.53. The lowest BCUT2D eigenvalue weighted by Crippen LogP contribution is -2.39. The first-order valence-corrected chi connectivity index (χ1v) is 8.98. The average molecular weight is 350 g/mol. The van der Waals surface area contributed by atoms with Crippen LogP contribution in [0.4, 0.5) is 0 Å². The van der Waals surface area contributed by atoms with Crippen molar-refractivity contribution in [2.75, 3.05) is 13.1 Å². The van der Waals surface area contributed by atoms with Crippen LogP contribution in [0.3, 0.4) is 0 Å². The fourth-order valence-corrected chi connectivity index (χ4v) is 3.87. The van der Waals surface area contributed by atoms with Gasteiger partial charge in [0.2, 0.25) is 17.7 Å². The van der Waals surface area contributed by atoms with E-state index in [4.69, 9.17) is 4.52 Å². The average Bonchev–Trinajstić information content (AvgIpc) is 3.25. The van der Waals surface area contributed by atoms with Crippen molar-refractivity contribution in [2.45, 2.75) is 64.6 Å². The summed E-state index contributed by atoms with van der Waals surface area (Å²) in [5.74, 6) is 0.395. The van der Waals surface area contributed by atoms with Crippen molar-refractivity contribution in [1.29, 1.82) is 0 Å². The molecule has 4 atom stereocenters. The van der Waals surface area contributed by atoms with Crippen LogP contribution < -0.4 is 0 Å². The number of aromatic nitrogens is 2. The number of nitrogens with zero attached hydrogens (tertiary/aromatic N) is 4. The standard InChI is InChI=1S/C17H26N4O4/c1-4-5-10(2)20-8-12(6-15(20)23)17(24)21-9-13(22)7-14(21)16-18-11(3)19-25-16/h10,12-14,22H,4-9H2,1-3H3/t10-,12-,13+,14+/m0/s1. The van der Waals surface area contributed by atoms with Gasteiger partial charge < -0.3 is 19.4 Å². The van der Waals surface area contributed by atoms with Gasteiger partial charge in [-0.15, -0.1) is 0 Å². The Hall–Kier alpha value is -1.96. The van der Waals surface area contributed by atoms with Gasteiger partial charge in [0.15, 0.2) is 5.82 Å². The third-order valence-corrected chi connectivity index (χ3v) is 5.14. The number of likely N-dealkylation sites (tertiary alicyclic amines) is 2. The SMILES string of the molecule is CCC[C@H](C)N1C[C@@H](C(=O)N2C[C@H](O)C[C@@H]2c2nc(C)no2)CC1=O. The summed E-state index contributed by atoms with van der Waals surface area (Å²) in [5, 5.41) is 13.8. The maximum Gasteiger partial charge on any atom is 0.249 e. The van der Waals surface area contributed by atoms with Crippen LogP contribution in [0.2, 0.25) is 0 Å². The van der Waals surface area contributed by atoms with Gasteiger partial charge in [0.05, 0.1) is 12.0 Å². The first-order chi connectivity index (χ1) is 11.9. The van der Waals surface area contributed by atoms with Crippen LogP contribution in [0.5, 0.6) is 0 Å². The molecule has 3 heterocycles. The summed E-state index contributed by atoms with van der Waals surface area (Å²) in [5.41, 5.74) is 0. The van der Waals surface area contributed by atoms with E-state index in [0.717, 1.165) is 12.8 Å². The van der Waals surface area contributed by atoms with E-state index in [1.165, 1.54) is 0 Å². The van der Waals surface area contributed by atoms with E-state index >= 15 is 0 Å². The molecule has 1 aromatic heterocycles. The Labute approximate surface area is 147 Å². The van der Waals surface area contributed by atoms with E-state index in [-0.39, 0.29) is 36.7 Å². The molecule has 0 unspecified atom stereocenters. The molecule has 2 aliphatic heterocycles. The number of carbonyl (C=O) groups excluding carboxylic acids is 2. The van der Waals surface area contributed by atoms with Crippen LogP contribution in [0.25, 0.3) is 0 Å². The predicted molar refractivity (Wildman–Crippen MR) is 88.3 cm³/mol. The molecule has 0 aromatic carbocycles. The predicted octanol–water partition coefficient (Wildman–Crippen LogP) is 1.05. The highest BCUT2D eigenvalue weighted by molar-refractivity contribution is 5.89. The number of aliphatic hydroxyl groups is 1. The zero-order valence-electron chi connectivity index (χ0n) is 15.0. The molecule has 2 fully saturated rings. The normalized spacial score (nSPS) is 28.0. The van der Waals surface area contributed by atoms with Crippen LogP contribution in [0, 0.1) is 12.8 Å². The molecule has 1 N–H and O–H groups in total. The van der Waals surface area contributed by atoms with Crippen molar-refractivity contribution in [3.63, 3.8) is 0 Å². The van der Waals surface area contributed by atoms with Gasteiger partial charge in [-0.25, -0.2) is 0 Å². The molecule has 0 spiro atoms. The maximum absolute atomic E-state index is 13.0. The molecule has 2 saturated heterocycles. The molecule has 138 valence electrons. The summed E-state index contributed by atoms with van der Waals surface area (Å²) >= 11 is 0. The van der Waals surface area contributed by atoms with Gasteiger partial charge in [0, 0.05) is 32.0 Å². The van der Waals surface area contributed by atoms with Crippen molar-refractivity contribution in [3.05, 3.63) is 11.7 Å². The summed E-state index contributed by atoms with van der Waals surface area (Å²) in [4.78, 5) is 32.9. The molecule has 1 aromatic rings. The number of aliphatic hydroxyl groups excluding tert-OH is 1. The molecule has 2 amide bonds. The Morgan fingerprint density at radius 3 is 2.84 bits per heavy atom. The lowest BCUT2D eigenvalue weighted by molar-refractivity contribution is -0.137. The van der Waals surface area contributed by atoms with Crippen molar-refractivity contribution >= 4 is 11.8 Å². The third-order valence-electron chi connectivity index (χ3n) is 5.14. The van der Waals surface area contributed by atoms with Gasteiger partial charge in [0.25, 0.3) is 0 Å². The second-order valence-electron chi connectivity index (χ2n) is 7.16. The minimum Gasteiger partial charge on any atom is -0.391 e. The Morgan fingerprint density at radius 1 is 1.44 bits per heavy atom. The van der Waals surface area contributed by atoms with E-state index in [0.29, 0.717) is 24.7 Å². The van der Waals surface area contributed by atoms with Gasteiger partial charge in [0.1, 0.15) is 6.04 Å². The molecule has 0 saturated carbocycles. The first kappa shape index (κ1) is 17.8. The summed E-state index contributed by atoms with van der Waals surface area (Å²) in [7, 11) is 0. The number of β-amino-alcohol motifs (C(OH)–C–C–N with tert-alkyl or cyclic N) is 1. The van der Waals surface area contributed by atoms with Gasteiger partial charge >= 0.3 is 0 Å². The number of amides is 2. The number of carbonyl (C=O) groups is 2. The van der Waals surface area contributed by atoms with E-state index in [1.54, 1.807) is 11.8 Å². The Balaban J connectivity index is 1.72. The fraction of sp³-hybridized carbons (Fsp3) is 0.765. The second-order valence-corrected chi connectivity index (χ2v) is 7.16. The first-order valence-electron chi connectivity index (χ1n) is 8.98. The zero-order chi connectivity index (χ0) is 18.1. The van der Waals surface area contributed by atoms with Gasteiger partial charge in [-0.3, -0.25) is 9.59 Å². The minimum atomic E-state index is -0.617. The van der Waals surface area contributed by atoms with E-state index in [1.807, 2.05) is 11.8 Å². The topological polar surface area (TPSA) is 99.8 Å². The fourth-order valence-electron chi connectivity index (χ4n) is 3.87. The molecule has 8 heteroatoms. The van der Waals surface area contributed by atoms with Crippen molar-refractivity contribution in [2.24, 2.45) is 5.92 Å². The second kappa shape index (κ2) is 7.11. The highest BCUT2D eigenvalue weighted by Crippen LogP contribution is 2.34. The van der Waals surface area contributed by atoms with Crippen LogP contribution in [0.1, 0.15) is 57.3 Å². The van der Waals surface area contributed by atoms with Crippen molar-refractivity contribution in [1.82, 2.24) is 19.9 Å². The summed E-state index contributed by atoms with van der Waals surface area (Å²) in [6, 6.07) is -0.269. The molecular weight excluding hydrogens is 324 g/mol. The Bertz CT molecular complexity index is 646. The maximum atomic E-state index is 13.0. The monoisotopic (exact) mass is 350 g/mol. The highest BCUT2D eigenvalue weighted by atomic mass is 16.5. The minimum absolute atomic E-state index is 0.0317. The molecule has 3 rings (SSSR count). The lowest BCUT2D eigenvalue weighted by atomic mass is 10.1. The zero-order valence-corrected chi connectivity index (χ0v) is 15.0. The van der Waals surface area contributed by atoms with Gasteiger partial charge in [-0.2, -0.15) is 4.98 Å². The summed E-state index contributed by atoms with van der Waals surface area (Å²) < 4.78 is 5.21. The molecule has 2 aliphatic rings. The molecule has 0 aliphatic carbocycles. The molecule has 8 nitrogen and oxygen atoms in total. The summed E-state index contributed by atoms with van der Waals surface area (Å²) in [6.07, 6.45) is 1.92. The number of aryl methyl sites for hydroxylation is 1. The summed E-state index contributed by atoms with van der Waals surface area (Å²) in [6.45, 7) is 6.51. The van der Waals surface area contributed by atoms with Crippen LogP contribution in [0.15, 0.2) is 4.52 Å². The van der Waals surface area contributed by atoms with Crippen molar-refractivity contribution in [3.8, 4) is 0 Å². The van der Waals surface area contributed by atoms with E-state index < -0.39 is 12.1 Å². The lowest BCUT2D eigenvalue weighted by Gasteiger charge is -2.26. The van der Waals surface area contributed by atoms with E-state index in [9.17, 15) is 14.7 Å². The van der Waals surface area contributed by atoms with Crippen molar-refractivity contribution < 1.29 is 19.2 Å². The molecule has 0 radical (unpaired) electrons. The Kier molecular flexibility index (Phi) is 5.08. The van der Waals surface area contributed by atoms with Crippen LogP contribution in [-0.4, -0.2) is 62.1 Å². The highest BCUT2D eigenvalue weighted by Gasteiger charge is 2.44. The molecular formula is C17H26N4O4. The van der Waals surface area contributed by atoms with Gasteiger partial charge in [-0.05, 0) is 20.3 Å². The van der Waals surface area contributed by atoms with Crippen LogP contribution in [-0.2, 0) is 9.59 Å². The molecule has 0 bridgehead atoms. The number of hydrogen-bond acceptors (Lipinski definition) is 6. The smallest absolute Gasteiger partial charge is 0.249 e. The molecule has 25 heavy (non-hydrogen) atoms. The Morgan fingerprint density at radius 2 is 2.20 bits per heavy atom. The van der Waals surface area contributed by atoms with Gasteiger partial charge in [-0.1, -0.05) is 18.5 Å². The number of rotatable bonds is 5. The largest absolute Gasteiger partial charge is 0.391 e. The van der Waals surface area contributed by atoms with Crippen LogP contribution >= 0.6 is 0 Å². The van der Waals surface area contributed by atoms with E-state index in [2.05, 4.69) is 17.1 Å². The quantitative estimate of drug-likeness (QED) is 0.852. The number of hydrogen-bond donors (Lipinski definition) is 1.